The molecule has 2 nitrogen and oxygen atoms in total. The lowest BCUT2D eigenvalue weighted by Gasteiger charge is -2.01. The summed E-state index contributed by atoms with van der Waals surface area (Å²) in [5.74, 6) is 0.881. The molecule has 2 rings (SSSR count). The molecule has 0 unspecified atom stereocenters. The molecule has 0 saturated heterocycles. The minimum absolute atomic E-state index is 0.810. The van der Waals surface area contributed by atoms with Crippen LogP contribution in [0.2, 0.25) is 0 Å². The van der Waals surface area contributed by atoms with Gasteiger partial charge in [0.15, 0.2) is 12.7 Å². The molecule has 0 saturated carbocycles. The van der Waals surface area contributed by atoms with Crippen LogP contribution in [0.25, 0.3) is 10.9 Å². The molecule has 76 valence electrons. The van der Waals surface area contributed by atoms with Crippen LogP contribution in [0.15, 0.2) is 49.2 Å². The summed E-state index contributed by atoms with van der Waals surface area (Å²) in [5, 5.41) is 1.21. The van der Waals surface area contributed by atoms with Gasteiger partial charge in [-0.15, -0.1) is 0 Å². The van der Waals surface area contributed by atoms with Crippen LogP contribution in [0, 0.1) is 0 Å². The Labute approximate surface area is 89.4 Å². The van der Waals surface area contributed by atoms with Gasteiger partial charge in [0.1, 0.15) is 5.75 Å². The van der Waals surface area contributed by atoms with Gasteiger partial charge in [0.2, 0.25) is 5.52 Å². The van der Waals surface area contributed by atoms with Crippen molar-refractivity contribution in [3.05, 3.63) is 49.2 Å². The average molecular weight is 200 g/mol. The number of pyridine rings is 1. The Morgan fingerprint density at radius 1 is 1.40 bits per heavy atom. The summed E-state index contributed by atoms with van der Waals surface area (Å²) in [6, 6.07) is 10.2. The fourth-order valence-electron chi connectivity index (χ4n) is 1.67. The third-order valence-corrected chi connectivity index (χ3v) is 2.41. The van der Waals surface area contributed by atoms with Crippen LogP contribution in [0.4, 0.5) is 0 Å². The highest BCUT2D eigenvalue weighted by atomic mass is 16.5. The van der Waals surface area contributed by atoms with E-state index in [2.05, 4.69) is 23.3 Å². The Kier molecular flexibility index (Phi) is 2.68. The fourth-order valence-corrected chi connectivity index (χ4v) is 1.67. The van der Waals surface area contributed by atoms with Crippen LogP contribution in [0.3, 0.4) is 0 Å². The smallest absolute Gasteiger partial charge is 0.216 e. The maximum Gasteiger partial charge on any atom is 0.216 e. The zero-order valence-electron chi connectivity index (χ0n) is 8.81. The number of aromatic nitrogens is 1. The molecule has 1 aromatic carbocycles. The van der Waals surface area contributed by atoms with E-state index < -0.39 is 0 Å². The molecule has 0 N–H and O–H groups in total. The number of rotatable bonds is 3. The van der Waals surface area contributed by atoms with Crippen LogP contribution in [-0.4, -0.2) is 7.11 Å². The number of benzene rings is 1. The number of hydrogen-bond donors (Lipinski definition) is 0. The van der Waals surface area contributed by atoms with Crippen molar-refractivity contribution in [1.29, 1.82) is 0 Å². The first-order chi connectivity index (χ1) is 7.35. The number of methoxy groups -OCH3 is 1. The van der Waals surface area contributed by atoms with Gasteiger partial charge in [-0.2, -0.15) is 4.57 Å². The fraction of sp³-hybridized carbons (Fsp3) is 0.154. The molecule has 15 heavy (non-hydrogen) atoms. The van der Waals surface area contributed by atoms with Gasteiger partial charge in [0, 0.05) is 11.5 Å². The highest BCUT2D eigenvalue weighted by Crippen LogP contribution is 2.17. The van der Waals surface area contributed by atoms with E-state index in [0.29, 0.717) is 0 Å². The molecule has 2 aromatic rings. The van der Waals surface area contributed by atoms with E-state index in [-0.39, 0.29) is 0 Å². The average Bonchev–Trinajstić information content (AvgIpc) is 2.29. The third-order valence-electron chi connectivity index (χ3n) is 2.41. The van der Waals surface area contributed by atoms with E-state index in [1.54, 1.807) is 7.11 Å². The van der Waals surface area contributed by atoms with Gasteiger partial charge < -0.3 is 4.74 Å². The monoisotopic (exact) mass is 200 g/mol. The Morgan fingerprint density at radius 3 is 3.00 bits per heavy atom. The van der Waals surface area contributed by atoms with Crippen molar-refractivity contribution >= 4 is 10.9 Å². The molecule has 0 amide bonds. The maximum atomic E-state index is 5.22. The number of allylic oxidation sites excluding steroid dienone is 1. The number of nitrogens with zero attached hydrogens (tertiary/aromatic N) is 1. The topological polar surface area (TPSA) is 13.1 Å². The zero-order chi connectivity index (χ0) is 10.7. The second kappa shape index (κ2) is 4.13. The lowest BCUT2D eigenvalue weighted by atomic mass is 10.2. The SMILES string of the molecule is C=CC[n+]1cccc2ccc(OC)cc21. The van der Waals surface area contributed by atoms with Crippen LogP contribution in [0.1, 0.15) is 0 Å². The van der Waals surface area contributed by atoms with Gasteiger partial charge in [0.05, 0.1) is 13.2 Å². The molecule has 0 aliphatic carbocycles. The van der Waals surface area contributed by atoms with E-state index in [1.165, 1.54) is 5.39 Å². The Balaban J connectivity index is 2.64. The van der Waals surface area contributed by atoms with E-state index in [4.69, 9.17) is 4.74 Å². The van der Waals surface area contributed by atoms with Crippen molar-refractivity contribution < 1.29 is 9.30 Å². The van der Waals surface area contributed by atoms with Crippen LogP contribution in [-0.2, 0) is 6.54 Å². The minimum atomic E-state index is 0.810. The zero-order valence-corrected chi connectivity index (χ0v) is 8.81. The molecule has 1 heterocycles. The summed E-state index contributed by atoms with van der Waals surface area (Å²) in [6.45, 7) is 4.56. The summed E-state index contributed by atoms with van der Waals surface area (Å²) in [6.07, 6.45) is 3.93. The first-order valence-electron chi connectivity index (χ1n) is 4.92. The minimum Gasteiger partial charge on any atom is -0.497 e. The number of hydrogen-bond acceptors (Lipinski definition) is 1. The van der Waals surface area contributed by atoms with Crippen molar-refractivity contribution in [3.8, 4) is 5.75 Å². The number of fused-ring (bicyclic) bond motifs is 1. The van der Waals surface area contributed by atoms with Crippen molar-refractivity contribution in [2.75, 3.05) is 7.11 Å². The molecular formula is C13H14NO+. The molecule has 0 aliphatic heterocycles. The van der Waals surface area contributed by atoms with Crippen LogP contribution in [0.5, 0.6) is 5.75 Å². The highest BCUT2D eigenvalue weighted by Gasteiger charge is 2.07. The Morgan fingerprint density at radius 2 is 2.27 bits per heavy atom. The normalized spacial score (nSPS) is 10.2. The van der Waals surface area contributed by atoms with E-state index in [9.17, 15) is 0 Å². The first-order valence-corrected chi connectivity index (χ1v) is 4.92. The van der Waals surface area contributed by atoms with Crippen molar-refractivity contribution in [2.45, 2.75) is 6.54 Å². The molecule has 0 aliphatic rings. The first kappa shape index (κ1) is 9.71. The summed E-state index contributed by atoms with van der Waals surface area (Å²) in [7, 11) is 1.68. The van der Waals surface area contributed by atoms with Crippen molar-refractivity contribution in [1.82, 2.24) is 0 Å². The highest BCUT2D eigenvalue weighted by molar-refractivity contribution is 5.76. The molecule has 0 fully saturated rings. The second-order valence-electron chi connectivity index (χ2n) is 3.37. The van der Waals surface area contributed by atoms with E-state index in [0.717, 1.165) is 17.8 Å². The molecule has 0 spiro atoms. The molecular weight excluding hydrogens is 186 g/mol. The molecule has 2 heteroatoms. The van der Waals surface area contributed by atoms with Crippen LogP contribution >= 0.6 is 0 Å². The van der Waals surface area contributed by atoms with Crippen molar-refractivity contribution in [3.63, 3.8) is 0 Å². The lowest BCUT2D eigenvalue weighted by molar-refractivity contribution is -0.660. The molecule has 0 bridgehead atoms. The second-order valence-corrected chi connectivity index (χ2v) is 3.37. The van der Waals surface area contributed by atoms with Gasteiger partial charge in [0.25, 0.3) is 0 Å². The molecule has 0 atom stereocenters. The van der Waals surface area contributed by atoms with Gasteiger partial charge in [-0.05, 0) is 24.3 Å². The van der Waals surface area contributed by atoms with Crippen molar-refractivity contribution in [2.24, 2.45) is 0 Å². The predicted octanol–water partition coefficient (Wildman–Crippen LogP) is 2.32. The molecule has 1 aromatic heterocycles. The van der Waals surface area contributed by atoms with Crippen LogP contribution < -0.4 is 9.30 Å². The summed E-state index contributed by atoms with van der Waals surface area (Å²) in [5.41, 5.74) is 1.16. The summed E-state index contributed by atoms with van der Waals surface area (Å²) < 4.78 is 7.36. The van der Waals surface area contributed by atoms with Gasteiger partial charge in [-0.1, -0.05) is 6.58 Å². The Hall–Kier alpha value is -1.83. The van der Waals surface area contributed by atoms with Gasteiger partial charge in [-0.3, -0.25) is 0 Å². The standard InChI is InChI=1S/C13H14NO/c1-3-8-14-9-4-5-11-6-7-12(15-2)10-13(11)14/h3-7,9-10H,1,8H2,2H3/q+1. The quantitative estimate of drug-likeness (QED) is 0.547. The van der Waals surface area contributed by atoms with E-state index in [1.807, 2.05) is 30.5 Å². The Bertz CT molecular complexity index is 491. The number of ether oxygens (including phenoxy) is 1. The maximum absolute atomic E-state index is 5.22. The lowest BCUT2D eigenvalue weighted by Crippen LogP contribution is -2.32. The van der Waals surface area contributed by atoms with Gasteiger partial charge >= 0.3 is 0 Å². The summed E-state index contributed by atoms with van der Waals surface area (Å²) >= 11 is 0. The predicted molar refractivity (Wildman–Crippen MR) is 60.9 cm³/mol. The largest absolute Gasteiger partial charge is 0.497 e. The summed E-state index contributed by atoms with van der Waals surface area (Å²) in [4.78, 5) is 0. The van der Waals surface area contributed by atoms with E-state index >= 15 is 0 Å². The van der Waals surface area contributed by atoms with Gasteiger partial charge in [-0.25, -0.2) is 0 Å². The molecule has 0 radical (unpaired) electrons. The third kappa shape index (κ3) is 1.84.